The predicted octanol–water partition coefficient (Wildman–Crippen LogP) is 3.16. The van der Waals surface area contributed by atoms with Crippen LogP contribution in [0.5, 0.6) is 5.75 Å². The van der Waals surface area contributed by atoms with E-state index >= 15 is 0 Å². The summed E-state index contributed by atoms with van der Waals surface area (Å²) in [4.78, 5) is 24.0. The highest BCUT2D eigenvalue weighted by Crippen LogP contribution is 2.47. The Hall–Kier alpha value is -2.04. The second-order valence-electron chi connectivity index (χ2n) is 6.01. The molecule has 1 aliphatic carbocycles. The maximum absolute atomic E-state index is 12.2. The molecule has 0 aliphatic heterocycles. The average Bonchev–Trinajstić information content (AvgIpc) is 2.55. The minimum absolute atomic E-state index is 0.0883. The molecule has 5 heteroatoms. The fourth-order valence-electron chi connectivity index (χ4n) is 3.66. The first-order valence-corrected chi connectivity index (χ1v) is 8.06. The van der Waals surface area contributed by atoms with E-state index in [9.17, 15) is 14.7 Å². The molecule has 126 valence electrons. The van der Waals surface area contributed by atoms with Gasteiger partial charge in [-0.25, -0.2) is 0 Å². The number of aliphatic carboxylic acids is 1. The molecule has 1 N–H and O–H groups in total. The third-order valence-electron chi connectivity index (χ3n) is 4.74. The second-order valence-corrected chi connectivity index (χ2v) is 6.01. The molecule has 0 aromatic heterocycles. The molecule has 2 rings (SSSR count). The van der Waals surface area contributed by atoms with Crippen LogP contribution in [0.2, 0.25) is 0 Å². The Kier molecular flexibility index (Phi) is 5.64. The molecule has 2 atom stereocenters. The Morgan fingerprint density at radius 2 is 2.13 bits per heavy atom. The number of carbonyl (C=O) groups excluding carboxylic acids is 1. The van der Waals surface area contributed by atoms with Gasteiger partial charge in [0.25, 0.3) is 0 Å². The highest BCUT2D eigenvalue weighted by atomic mass is 16.5. The molecule has 0 radical (unpaired) electrons. The fraction of sp³-hybridized carbons (Fsp3) is 0.556. The molecule has 0 saturated heterocycles. The van der Waals surface area contributed by atoms with Crippen LogP contribution in [0.3, 0.4) is 0 Å². The topological polar surface area (TPSA) is 72.8 Å². The molecule has 0 heterocycles. The molecule has 1 saturated carbocycles. The van der Waals surface area contributed by atoms with Crippen LogP contribution in [0.25, 0.3) is 0 Å². The lowest BCUT2D eigenvalue weighted by molar-refractivity contribution is -0.150. The number of hydrogen-bond acceptors (Lipinski definition) is 4. The fourth-order valence-corrected chi connectivity index (χ4v) is 3.66. The molecule has 0 spiro atoms. The number of carboxylic acids is 1. The van der Waals surface area contributed by atoms with Crippen LogP contribution in [0.1, 0.15) is 44.6 Å². The quantitative estimate of drug-likeness (QED) is 0.815. The minimum atomic E-state index is -0.850. The van der Waals surface area contributed by atoms with Crippen LogP contribution in [0.4, 0.5) is 0 Å². The van der Waals surface area contributed by atoms with E-state index in [1.165, 1.54) is 0 Å². The Balaban J connectivity index is 2.48. The van der Waals surface area contributed by atoms with Crippen LogP contribution >= 0.6 is 0 Å². The zero-order valence-corrected chi connectivity index (χ0v) is 13.7. The molecular formula is C18H24O5. The molecule has 0 amide bonds. The van der Waals surface area contributed by atoms with Crippen molar-refractivity contribution in [2.24, 2.45) is 5.92 Å². The van der Waals surface area contributed by atoms with Gasteiger partial charge in [0, 0.05) is 5.41 Å². The third kappa shape index (κ3) is 3.66. The van der Waals surface area contributed by atoms with E-state index in [1.54, 1.807) is 14.0 Å². The Labute approximate surface area is 136 Å². The van der Waals surface area contributed by atoms with Crippen LogP contribution in [-0.4, -0.2) is 30.8 Å². The molecular weight excluding hydrogens is 296 g/mol. The van der Waals surface area contributed by atoms with Crippen LogP contribution < -0.4 is 4.74 Å². The highest BCUT2D eigenvalue weighted by Gasteiger charge is 2.47. The van der Waals surface area contributed by atoms with E-state index in [-0.39, 0.29) is 12.4 Å². The Morgan fingerprint density at radius 1 is 1.35 bits per heavy atom. The van der Waals surface area contributed by atoms with Crippen molar-refractivity contribution in [1.29, 1.82) is 0 Å². The van der Waals surface area contributed by atoms with E-state index in [1.807, 2.05) is 24.3 Å². The van der Waals surface area contributed by atoms with Crippen molar-refractivity contribution in [1.82, 2.24) is 0 Å². The number of carbonyl (C=O) groups is 2. The van der Waals surface area contributed by atoms with Gasteiger partial charge >= 0.3 is 11.9 Å². The summed E-state index contributed by atoms with van der Waals surface area (Å²) < 4.78 is 10.4. The van der Waals surface area contributed by atoms with E-state index in [4.69, 9.17) is 9.47 Å². The zero-order chi connectivity index (χ0) is 16.9. The maximum Gasteiger partial charge on any atom is 0.307 e. The van der Waals surface area contributed by atoms with Crippen LogP contribution in [0, 0.1) is 5.92 Å². The number of methoxy groups -OCH3 is 1. The van der Waals surface area contributed by atoms with E-state index in [2.05, 4.69) is 0 Å². The lowest BCUT2D eigenvalue weighted by atomic mass is 9.61. The van der Waals surface area contributed by atoms with Crippen LogP contribution in [-0.2, 0) is 19.7 Å². The summed E-state index contributed by atoms with van der Waals surface area (Å²) in [7, 11) is 1.58. The number of carboxylic acid groups (broad SMARTS) is 1. The van der Waals surface area contributed by atoms with Gasteiger partial charge in [-0.3, -0.25) is 9.59 Å². The molecule has 1 aliphatic rings. The summed E-state index contributed by atoms with van der Waals surface area (Å²) in [6, 6.07) is 7.40. The van der Waals surface area contributed by atoms with Crippen molar-refractivity contribution in [2.75, 3.05) is 13.7 Å². The molecule has 0 bridgehead atoms. The monoisotopic (exact) mass is 320 g/mol. The van der Waals surface area contributed by atoms with Gasteiger partial charge < -0.3 is 14.6 Å². The molecule has 2 unspecified atom stereocenters. The van der Waals surface area contributed by atoms with Gasteiger partial charge in [-0.1, -0.05) is 25.0 Å². The van der Waals surface area contributed by atoms with E-state index < -0.39 is 17.3 Å². The van der Waals surface area contributed by atoms with Crippen LogP contribution in [0.15, 0.2) is 24.3 Å². The first-order chi connectivity index (χ1) is 11.0. The summed E-state index contributed by atoms with van der Waals surface area (Å²) in [5.41, 5.74) is 0.113. The van der Waals surface area contributed by atoms with Crippen molar-refractivity contribution in [3.05, 3.63) is 29.8 Å². The number of rotatable bonds is 6. The summed E-state index contributed by atoms with van der Waals surface area (Å²) >= 11 is 0. The lowest BCUT2D eigenvalue weighted by Gasteiger charge is -2.42. The van der Waals surface area contributed by atoms with Gasteiger partial charge in [0.15, 0.2) is 0 Å². The molecule has 23 heavy (non-hydrogen) atoms. The van der Waals surface area contributed by atoms with Crippen molar-refractivity contribution in [3.8, 4) is 5.75 Å². The Morgan fingerprint density at radius 3 is 2.78 bits per heavy atom. The Bertz CT molecular complexity index is 568. The zero-order valence-electron chi connectivity index (χ0n) is 13.7. The van der Waals surface area contributed by atoms with Gasteiger partial charge in [0.1, 0.15) is 5.75 Å². The van der Waals surface area contributed by atoms with Gasteiger partial charge in [-0.2, -0.15) is 0 Å². The first-order valence-electron chi connectivity index (χ1n) is 8.06. The van der Waals surface area contributed by atoms with Crippen molar-refractivity contribution in [2.45, 2.75) is 44.4 Å². The summed E-state index contributed by atoms with van der Waals surface area (Å²) in [6.07, 6.45) is 3.10. The van der Waals surface area contributed by atoms with Gasteiger partial charge in [0.2, 0.25) is 0 Å². The lowest BCUT2D eigenvalue weighted by Crippen LogP contribution is -2.44. The minimum Gasteiger partial charge on any atom is -0.497 e. The number of benzene rings is 1. The molecule has 1 fully saturated rings. The first kappa shape index (κ1) is 17.3. The maximum atomic E-state index is 12.2. The number of ether oxygens (including phenoxy) is 2. The largest absolute Gasteiger partial charge is 0.497 e. The highest BCUT2D eigenvalue weighted by molar-refractivity contribution is 5.77. The second kappa shape index (κ2) is 7.49. The summed E-state index contributed by atoms with van der Waals surface area (Å²) in [5, 5.41) is 9.72. The van der Waals surface area contributed by atoms with Gasteiger partial charge in [-0.15, -0.1) is 0 Å². The standard InChI is InChI=1S/C18H24O5/c1-3-23-16(19)12-18(10-5-4-9-15(18)17(20)21)13-7-6-8-14(11-13)22-2/h6-8,11,15H,3-5,9-10,12H2,1-2H3,(H,20,21). The predicted molar refractivity (Wildman–Crippen MR) is 85.5 cm³/mol. The number of esters is 1. The molecule has 1 aromatic rings. The average molecular weight is 320 g/mol. The normalized spacial score (nSPS) is 24.0. The van der Waals surface area contributed by atoms with E-state index in [0.717, 1.165) is 18.4 Å². The van der Waals surface area contributed by atoms with Crippen molar-refractivity contribution in [3.63, 3.8) is 0 Å². The van der Waals surface area contributed by atoms with Gasteiger partial charge in [0.05, 0.1) is 26.1 Å². The van der Waals surface area contributed by atoms with E-state index in [0.29, 0.717) is 25.2 Å². The summed E-state index contributed by atoms with van der Waals surface area (Å²) in [6.45, 7) is 2.05. The van der Waals surface area contributed by atoms with Crippen molar-refractivity contribution >= 4 is 11.9 Å². The summed E-state index contributed by atoms with van der Waals surface area (Å²) in [5.74, 6) is -1.12. The SMILES string of the molecule is CCOC(=O)CC1(c2cccc(OC)c2)CCCCC1C(=O)O. The number of hydrogen-bond donors (Lipinski definition) is 1. The molecule has 1 aromatic carbocycles. The molecule has 5 nitrogen and oxygen atoms in total. The third-order valence-corrected chi connectivity index (χ3v) is 4.74. The smallest absolute Gasteiger partial charge is 0.307 e. The van der Waals surface area contributed by atoms with Gasteiger partial charge in [-0.05, 0) is 37.5 Å². The van der Waals surface area contributed by atoms with Crippen molar-refractivity contribution < 1.29 is 24.2 Å².